The molecule has 1 heterocycles. The zero-order chi connectivity index (χ0) is 13.4. The maximum Gasteiger partial charge on any atom is 0.214 e. The SMILES string of the molecule is CCn1cc(O)n(-c2ccc3ccccc3c2)c1=S. The Morgan fingerprint density at radius 1 is 1.11 bits per heavy atom. The fourth-order valence-electron chi connectivity index (χ4n) is 2.26. The molecule has 19 heavy (non-hydrogen) atoms. The van der Waals surface area contributed by atoms with E-state index in [9.17, 15) is 5.11 Å². The van der Waals surface area contributed by atoms with Gasteiger partial charge in [-0.3, -0.25) is 4.57 Å². The smallest absolute Gasteiger partial charge is 0.214 e. The van der Waals surface area contributed by atoms with Gasteiger partial charge >= 0.3 is 0 Å². The molecule has 3 aromatic rings. The van der Waals surface area contributed by atoms with E-state index in [-0.39, 0.29) is 5.88 Å². The van der Waals surface area contributed by atoms with Crippen LogP contribution in [0.1, 0.15) is 6.92 Å². The van der Waals surface area contributed by atoms with Gasteiger partial charge in [0.05, 0.1) is 11.9 Å². The quantitative estimate of drug-likeness (QED) is 0.716. The van der Waals surface area contributed by atoms with Gasteiger partial charge < -0.3 is 9.67 Å². The number of aryl methyl sites for hydroxylation is 1. The first-order valence-corrected chi connectivity index (χ1v) is 6.62. The molecule has 0 atom stereocenters. The summed E-state index contributed by atoms with van der Waals surface area (Å²) in [5.41, 5.74) is 0.883. The van der Waals surface area contributed by atoms with E-state index < -0.39 is 0 Å². The summed E-state index contributed by atoms with van der Waals surface area (Å²) in [5.74, 6) is 0.169. The first-order chi connectivity index (χ1) is 9.20. The van der Waals surface area contributed by atoms with E-state index in [1.54, 1.807) is 10.8 Å². The molecule has 1 aromatic heterocycles. The Bertz CT molecular complexity index is 801. The van der Waals surface area contributed by atoms with Crippen LogP contribution in [0.5, 0.6) is 5.88 Å². The van der Waals surface area contributed by atoms with Crippen LogP contribution in [0, 0.1) is 4.77 Å². The molecule has 4 heteroatoms. The lowest BCUT2D eigenvalue weighted by atomic mass is 10.1. The number of aromatic nitrogens is 2. The van der Waals surface area contributed by atoms with E-state index in [1.807, 2.05) is 41.8 Å². The average Bonchev–Trinajstić information content (AvgIpc) is 2.73. The highest BCUT2D eigenvalue weighted by Gasteiger charge is 2.08. The largest absolute Gasteiger partial charge is 0.493 e. The molecule has 0 saturated carbocycles. The van der Waals surface area contributed by atoms with E-state index in [0.717, 1.165) is 17.6 Å². The lowest BCUT2D eigenvalue weighted by molar-refractivity contribution is 0.441. The Morgan fingerprint density at radius 3 is 2.53 bits per heavy atom. The third kappa shape index (κ3) is 1.94. The van der Waals surface area contributed by atoms with Crippen LogP contribution in [0.4, 0.5) is 0 Å². The van der Waals surface area contributed by atoms with Gasteiger partial charge in [-0.05, 0) is 42.0 Å². The minimum atomic E-state index is 0.169. The van der Waals surface area contributed by atoms with Crippen molar-refractivity contribution in [2.75, 3.05) is 0 Å². The van der Waals surface area contributed by atoms with Gasteiger partial charge in [-0.15, -0.1) is 0 Å². The van der Waals surface area contributed by atoms with Crippen molar-refractivity contribution in [3.05, 3.63) is 53.4 Å². The maximum absolute atomic E-state index is 10.0. The minimum absolute atomic E-state index is 0.169. The van der Waals surface area contributed by atoms with Crippen LogP contribution in [-0.4, -0.2) is 14.2 Å². The van der Waals surface area contributed by atoms with E-state index in [1.165, 1.54) is 5.39 Å². The molecule has 0 spiro atoms. The first kappa shape index (κ1) is 12.0. The molecule has 0 amide bonds. The van der Waals surface area contributed by atoms with Gasteiger partial charge in [0.25, 0.3) is 0 Å². The molecule has 0 unspecified atom stereocenters. The molecule has 0 saturated heterocycles. The number of benzene rings is 2. The standard InChI is InChI=1S/C15H14N2OS/c1-2-16-10-14(18)17(15(16)19)13-8-7-11-5-3-4-6-12(11)9-13/h3-10,18H,2H2,1H3. The van der Waals surface area contributed by atoms with Crippen molar-refractivity contribution in [1.82, 2.24) is 9.13 Å². The molecule has 1 N–H and O–H groups in total. The Hall–Kier alpha value is -2.07. The predicted molar refractivity (Wildman–Crippen MR) is 79.4 cm³/mol. The first-order valence-electron chi connectivity index (χ1n) is 6.21. The predicted octanol–water partition coefficient (Wildman–Crippen LogP) is 3.89. The van der Waals surface area contributed by atoms with E-state index >= 15 is 0 Å². The maximum atomic E-state index is 10.0. The van der Waals surface area contributed by atoms with Crippen LogP contribution in [0.25, 0.3) is 16.5 Å². The number of nitrogens with zero attached hydrogens (tertiary/aromatic N) is 2. The van der Waals surface area contributed by atoms with Crippen LogP contribution in [0.3, 0.4) is 0 Å². The summed E-state index contributed by atoms with van der Waals surface area (Å²) in [6.07, 6.45) is 1.66. The van der Waals surface area contributed by atoms with Crippen LogP contribution in [0.2, 0.25) is 0 Å². The van der Waals surface area contributed by atoms with Crippen molar-refractivity contribution in [2.24, 2.45) is 0 Å². The van der Waals surface area contributed by atoms with Gasteiger partial charge in [0, 0.05) is 6.54 Å². The molecular formula is C15H14N2OS. The van der Waals surface area contributed by atoms with Crippen molar-refractivity contribution >= 4 is 23.0 Å². The lowest BCUT2D eigenvalue weighted by Crippen LogP contribution is -1.97. The van der Waals surface area contributed by atoms with Gasteiger partial charge in [-0.25, -0.2) is 0 Å². The summed E-state index contributed by atoms with van der Waals surface area (Å²) >= 11 is 5.38. The second-order valence-electron chi connectivity index (χ2n) is 4.42. The molecule has 0 bridgehead atoms. The van der Waals surface area contributed by atoms with Crippen LogP contribution in [0.15, 0.2) is 48.7 Å². The molecular weight excluding hydrogens is 256 g/mol. The second kappa shape index (κ2) is 4.55. The van der Waals surface area contributed by atoms with E-state index in [0.29, 0.717) is 4.77 Å². The fourth-order valence-corrected chi connectivity index (χ4v) is 2.64. The van der Waals surface area contributed by atoms with Gasteiger partial charge in [0.2, 0.25) is 5.88 Å². The number of hydrogen-bond donors (Lipinski definition) is 1. The summed E-state index contributed by atoms with van der Waals surface area (Å²) < 4.78 is 4.14. The number of hydrogen-bond acceptors (Lipinski definition) is 2. The molecule has 0 aliphatic carbocycles. The number of imidazole rings is 1. The Morgan fingerprint density at radius 2 is 1.84 bits per heavy atom. The Balaban J connectivity index is 2.24. The normalized spacial score (nSPS) is 11.0. The van der Waals surface area contributed by atoms with Crippen LogP contribution < -0.4 is 0 Å². The summed E-state index contributed by atoms with van der Waals surface area (Å²) in [4.78, 5) is 0. The zero-order valence-corrected chi connectivity index (χ0v) is 11.4. The van der Waals surface area contributed by atoms with Gasteiger partial charge in [-0.2, -0.15) is 0 Å². The van der Waals surface area contributed by atoms with Gasteiger partial charge in [0.1, 0.15) is 0 Å². The van der Waals surface area contributed by atoms with Crippen molar-refractivity contribution in [3.8, 4) is 11.6 Å². The molecule has 0 aliphatic rings. The molecule has 2 aromatic carbocycles. The molecule has 3 nitrogen and oxygen atoms in total. The highest BCUT2D eigenvalue weighted by atomic mass is 32.1. The second-order valence-corrected chi connectivity index (χ2v) is 4.79. The molecule has 0 radical (unpaired) electrons. The van der Waals surface area contributed by atoms with E-state index in [4.69, 9.17) is 12.2 Å². The zero-order valence-electron chi connectivity index (χ0n) is 10.6. The average molecular weight is 270 g/mol. The van der Waals surface area contributed by atoms with Crippen molar-refractivity contribution in [2.45, 2.75) is 13.5 Å². The summed E-state index contributed by atoms with van der Waals surface area (Å²) in [6, 6.07) is 14.2. The molecule has 0 fully saturated rings. The van der Waals surface area contributed by atoms with E-state index in [2.05, 4.69) is 12.1 Å². The monoisotopic (exact) mass is 270 g/mol. The van der Waals surface area contributed by atoms with Crippen molar-refractivity contribution in [3.63, 3.8) is 0 Å². The Labute approximate surface area is 116 Å². The lowest BCUT2D eigenvalue weighted by Gasteiger charge is -2.06. The third-order valence-electron chi connectivity index (χ3n) is 3.27. The molecule has 0 aliphatic heterocycles. The van der Waals surface area contributed by atoms with Crippen LogP contribution in [-0.2, 0) is 6.54 Å². The third-order valence-corrected chi connectivity index (χ3v) is 3.69. The highest BCUT2D eigenvalue weighted by molar-refractivity contribution is 7.71. The highest BCUT2D eigenvalue weighted by Crippen LogP contribution is 2.23. The molecule has 3 rings (SSSR count). The molecule has 96 valence electrons. The number of aromatic hydroxyl groups is 1. The fraction of sp³-hybridized carbons (Fsp3) is 0.133. The van der Waals surface area contributed by atoms with Gasteiger partial charge in [-0.1, -0.05) is 30.3 Å². The minimum Gasteiger partial charge on any atom is -0.493 e. The summed E-state index contributed by atoms with van der Waals surface area (Å²) in [6.45, 7) is 2.74. The van der Waals surface area contributed by atoms with Crippen molar-refractivity contribution < 1.29 is 5.11 Å². The van der Waals surface area contributed by atoms with Crippen molar-refractivity contribution in [1.29, 1.82) is 0 Å². The summed E-state index contributed by atoms with van der Waals surface area (Å²) in [7, 11) is 0. The summed E-state index contributed by atoms with van der Waals surface area (Å²) in [5, 5.41) is 12.3. The van der Waals surface area contributed by atoms with Crippen LogP contribution >= 0.6 is 12.2 Å². The number of rotatable bonds is 2. The number of fused-ring (bicyclic) bond motifs is 1. The van der Waals surface area contributed by atoms with Gasteiger partial charge in [0.15, 0.2) is 4.77 Å². The topological polar surface area (TPSA) is 30.1 Å². The Kier molecular flexibility index (Phi) is 2.87.